The maximum Gasteiger partial charge on any atom is 0.317 e. The number of hydrogen-bond acceptors (Lipinski definition) is 3. The average Bonchev–Trinajstić information content (AvgIpc) is 3.28. The van der Waals surface area contributed by atoms with Gasteiger partial charge in [0.1, 0.15) is 5.82 Å². The number of amides is 3. The van der Waals surface area contributed by atoms with E-state index in [1.165, 1.54) is 24.3 Å². The summed E-state index contributed by atoms with van der Waals surface area (Å²) in [5.74, 6) is -0.367. The molecule has 2 heterocycles. The van der Waals surface area contributed by atoms with Gasteiger partial charge in [-0.15, -0.1) is 0 Å². The van der Waals surface area contributed by atoms with E-state index in [1.54, 1.807) is 9.58 Å². The monoisotopic (exact) mass is 359 g/mol. The smallest absolute Gasteiger partial charge is 0.317 e. The SMILES string of the molecule is Cn1cc(C2CCN(C(=O)NCCNC(=O)c3ccc(F)cc3)C2)cn1. The van der Waals surface area contributed by atoms with E-state index < -0.39 is 0 Å². The van der Waals surface area contributed by atoms with E-state index in [2.05, 4.69) is 15.7 Å². The Morgan fingerprint density at radius 3 is 2.65 bits per heavy atom. The van der Waals surface area contributed by atoms with Gasteiger partial charge in [0.15, 0.2) is 0 Å². The molecule has 0 saturated carbocycles. The van der Waals surface area contributed by atoms with Crippen LogP contribution in [0.25, 0.3) is 0 Å². The van der Waals surface area contributed by atoms with Gasteiger partial charge in [0.2, 0.25) is 0 Å². The maximum absolute atomic E-state index is 12.8. The second kappa shape index (κ2) is 7.99. The van der Waals surface area contributed by atoms with Gasteiger partial charge in [0.05, 0.1) is 6.20 Å². The van der Waals surface area contributed by atoms with Crippen LogP contribution in [-0.2, 0) is 7.05 Å². The van der Waals surface area contributed by atoms with E-state index in [0.29, 0.717) is 37.7 Å². The third-order valence-corrected chi connectivity index (χ3v) is 4.46. The van der Waals surface area contributed by atoms with Crippen molar-refractivity contribution in [3.63, 3.8) is 0 Å². The minimum Gasteiger partial charge on any atom is -0.350 e. The Kier molecular flexibility index (Phi) is 5.50. The third-order valence-electron chi connectivity index (χ3n) is 4.46. The van der Waals surface area contributed by atoms with Gasteiger partial charge < -0.3 is 15.5 Å². The Morgan fingerprint density at radius 2 is 1.96 bits per heavy atom. The number of halogens is 1. The molecule has 1 unspecified atom stereocenters. The van der Waals surface area contributed by atoms with Crippen LogP contribution in [-0.4, -0.2) is 52.8 Å². The summed E-state index contributed by atoms with van der Waals surface area (Å²) < 4.78 is 14.6. The summed E-state index contributed by atoms with van der Waals surface area (Å²) in [5, 5.41) is 9.68. The number of carbonyl (C=O) groups is 2. The van der Waals surface area contributed by atoms with Crippen molar-refractivity contribution in [2.75, 3.05) is 26.2 Å². The Hall–Kier alpha value is -2.90. The average molecular weight is 359 g/mol. The number of likely N-dealkylation sites (tertiary alicyclic amines) is 1. The second-order valence-corrected chi connectivity index (χ2v) is 6.37. The molecule has 2 aromatic rings. The van der Waals surface area contributed by atoms with Crippen LogP contribution in [0.5, 0.6) is 0 Å². The number of rotatable bonds is 5. The molecule has 8 heteroatoms. The topological polar surface area (TPSA) is 79.3 Å². The highest BCUT2D eigenvalue weighted by atomic mass is 19.1. The maximum atomic E-state index is 12.8. The van der Waals surface area contributed by atoms with E-state index in [9.17, 15) is 14.0 Å². The lowest BCUT2D eigenvalue weighted by molar-refractivity contribution is 0.0953. The van der Waals surface area contributed by atoms with Gasteiger partial charge in [-0.05, 0) is 36.2 Å². The molecule has 1 fully saturated rings. The predicted octanol–water partition coefficient (Wildman–Crippen LogP) is 1.49. The first-order valence-corrected chi connectivity index (χ1v) is 8.58. The highest BCUT2D eigenvalue weighted by molar-refractivity contribution is 5.94. The van der Waals surface area contributed by atoms with Gasteiger partial charge in [0.25, 0.3) is 5.91 Å². The summed E-state index contributed by atoms with van der Waals surface area (Å²) >= 11 is 0. The van der Waals surface area contributed by atoms with Gasteiger partial charge in [-0.25, -0.2) is 9.18 Å². The number of urea groups is 1. The lowest BCUT2D eigenvalue weighted by Gasteiger charge is -2.17. The zero-order chi connectivity index (χ0) is 18.5. The van der Waals surface area contributed by atoms with Crippen molar-refractivity contribution in [3.8, 4) is 0 Å². The highest BCUT2D eigenvalue weighted by Crippen LogP contribution is 2.26. The van der Waals surface area contributed by atoms with Crippen LogP contribution >= 0.6 is 0 Å². The van der Waals surface area contributed by atoms with Crippen LogP contribution in [0.15, 0.2) is 36.7 Å². The predicted molar refractivity (Wildman–Crippen MR) is 94.3 cm³/mol. The first-order valence-electron chi connectivity index (χ1n) is 8.58. The molecule has 3 amide bonds. The molecule has 138 valence electrons. The number of carbonyl (C=O) groups excluding carboxylic acids is 2. The normalized spacial score (nSPS) is 16.5. The van der Waals surface area contributed by atoms with E-state index >= 15 is 0 Å². The zero-order valence-corrected chi connectivity index (χ0v) is 14.6. The van der Waals surface area contributed by atoms with Gasteiger partial charge >= 0.3 is 6.03 Å². The zero-order valence-electron chi connectivity index (χ0n) is 14.6. The van der Waals surface area contributed by atoms with E-state index in [0.717, 1.165) is 12.0 Å². The van der Waals surface area contributed by atoms with E-state index in [-0.39, 0.29) is 17.8 Å². The molecule has 7 nitrogen and oxygen atoms in total. The largest absolute Gasteiger partial charge is 0.350 e. The van der Waals surface area contributed by atoms with E-state index in [4.69, 9.17) is 0 Å². The standard InChI is InChI=1S/C18H22FN5O2/c1-23-11-15(10-22-23)14-6-9-24(12-14)18(26)21-8-7-20-17(25)13-2-4-16(19)5-3-13/h2-5,10-11,14H,6-9,12H2,1H3,(H,20,25)(H,21,26). The first kappa shape index (κ1) is 17.9. The third kappa shape index (κ3) is 4.38. The van der Waals surface area contributed by atoms with Crippen LogP contribution in [0.3, 0.4) is 0 Å². The molecule has 0 spiro atoms. The highest BCUT2D eigenvalue weighted by Gasteiger charge is 2.27. The van der Waals surface area contributed by atoms with Crippen LogP contribution < -0.4 is 10.6 Å². The fourth-order valence-electron chi connectivity index (χ4n) is 3.03. The Balaban J connectivity index is 1.38. The first-order chi connectivity index (χ1) is 12.5. The number of nitrogens with one attached hydrogen (secondary N) is 2. The molecule has 1 aliphatic heterocycles. The molecule has 2 N–H and O–H groups in total. The van der Waals surface area contributed by atoms with Crippen LogP contribution in [0, 0.1) is 5.82 Å². The second-order valence-electron chi connectivity index (χ2n) is 6.37. The molecule has 1 aliphatic rings. The molecule has 0 bridgehead atoms. The molecule has 0 aliphatic carbocycles. The quantitative estimate of drug-likeness (QED) is 0.794. The number of nitrogens with zero attached hydrogens (tertiary/aromatic N) is 3. The molecule has 1 aromatic carbocycles. The fraction of sp³-hybridized carbons (Fsp3) is 0.389. The lowest BCUT2D eigenvalue weighted by atomic mass is 10.0. The van der Waals surface area contributed by atoms with Crippen LogP contribution in [0.4, 0.5) is 9.18 Å². The van der Waals surface area contributed by atoms with Crippen molar-refractivity contribution in [2.24, 2.45) is 7.05 Å². The lowest BCUT2D eigenvalue weighted by Crippen LogP contribution is -2.42. The Labute approximate surface area is 151 Å². The molecule has 26 heavy (non-hydrogen) atoms. The summed E-state index contributed by atoms with van der Waals surface area (Å²) in [6, 6.07) is 5.19. The summed E-state index contributed by atoms with van der Waals surface area (Å²) in [6.45, 7) is 2.01. The molecule has 1 aromatic heterocycles. The summed E-state index contributed by atoms with van der Waals surface area (Å²) in [4.78, 5) is 25.9. The fourth-order valence-corrected chi connectivity index (χ4v) is 3.03. The van der Waals surface area contributed by atoms with Crippen LogP contribution in [0.2, 0.25) is 0 Å². The molecular weight excluding hydrogens is 337 g/mol. The van der Waals surface area contributed by atoms with Crippen molar-refractivity contribution in [1.29, 1.82) is 0 Å². The molecule has 1 saturated heterocycles. The minimum absolute atomic E-state index is 0.132. The van der Waals surface area contributed by atoms with Crippen molar-refractivity contribution in [2.45, 2.75) is 12.3 Å². The van der Waals surface area contributed by atoms with E-state index in [1.807, 2.05) is 19.4 Å². The molecule has 3 rings (SSSR count). The van der Waals surface area contributed by atoms with Gasteiger partial charge in [-0.2, -0.15) is 5.10 Å². The number of aryl methyl sites for hydroxylation is 1. The van der Waals surface area contributed by atoms with Gasteiger partial charge in [-0.3, -0.25) is 9.48 Å². The van der Waals surface area contributed by atoms with Crippen molar-refractivity contribution in [3.05, 3.63) is 53.6 Å². The van der Waals surface area contributed by atoms with Gasteiger partial charge in [0, 0.05) is 50.9 Å². The summed E-state index contributed by atoms with van der Waals surface area (Å²) in [7, 11) is 1.88. The summed E-state index contributed by atoms with van der Waals surface area (Å²) in [6.07, 6.45) is 4.74. The van der Waals surface area contributed by atoms with Crippen molar-refractivity contribution in [1.82, 2.24) is 25.3 Å². The number of benzene rings is 1. The number of aromatic nitrogens is 2. The Morgan fingerprint density at radius 1 is 1.23 bits per heavy atom. The number of hydrogen-bond donors (Lipinski definition) is 2. The Bertz CT molecular complexity index is 774. The summed E-state index contributed by atoms with van der Waals surface area (Å²) in [5.41, 5.74) is 1.53. The molecular formula is C18H22FN5O2. The molecule has 1 atom stereocenters. The van der Waals surface area contributed by atoms with Crippen LogP contribution in [0.1, 0.15) is 28.3 Å². The van der Waals surface area contributed by atoms with Gasteiger partial charge in [-0.1, -0.05) is 0 Å². The van der Waals surface area contributed by atoms with Crippen molar-refractivity contribution >= 4 is 11.9 Å². The molecule has 0 radical (unpaired) electrons. The van der Waals surface area contributed by atoms with Crippen molar-refractivity contribution < 1.29 is 14.0 Å². The minimum atomic E-state index is -0.385.